The van der Waals surface area contributed by atoms with Crippen LogP contribution in [-0.2, 0) is 9.47 Å². The van der Waals surface area contributed by atoms with Gasteiger partial charge in [-0.15, -0.1) is 0 Å². The average Bonchev–Trinajstić information content (AvgIpc) is 2.71. The molecule has 9 nitrogen and oxygen atoms in total. The number of ether oxygens (including phenoxy) is 2. The first-order valence-corrected chi connectivity index (χ1v) is 9.32. The number of Topliss-reactive ketones (excluding diaryl/α,β-unsaturated/α-hetero) is 1. The Morgan fingerprint density at radius 1 is 1.07 bits per heavy atom. The maximum Gasteiger partial charge on any atom is 0.189 e. The van der Waals surface area contributed by atoms with E-state index in [-0.39, 0.29) is 17.1 Å². The van der Waals surface area contributed by atoms with Gasteiger partial charge in [0.25, 0.3) is 0 Å². The number of carbonyl (C=O) groups excluding carboxylic acids is 1. The summed E-state index contributed by atoms with van der Waals surface area (Å²) in [6, 6.07) is 9.14. The molecule has 1 aliphatic heterocycles. The van der Waals surface area contributed by atoms with Gasteiger partial charge in [0.1, 0.15) is 42.5 Å². The Labute approximate surface area is 172 Å². The molecule has 0 spiro atoms. The van der Waals surface area contributed by atoms with Gasteiger partial charge in [-0.25, -0.2) is 0 Å². The summed E-state index contributed by atoms with van der Waals surface area (Å²) in [5.41, 5.74) is 1.59. The first kappa shape index (κ1) is 22.2. The molecule has 1 heterocycles. The Bertz CT molecular complexity index is 888. The highest BCUT2D eigenvalue weighted by molar-refractivity contribution is 6.04. The van der Waals surface area contributed by atoms with Crippen LogP contribution in [0.25, 0.3) is 11.1 Å². The number of carbonyl (C=O) groups is 1. The topological polar surface area (TPSA) is 157 Å². The summed E-state index contributed by atoms with van der Waals surface area (Å²) in [6.45, 7) is 0.541. The number of hydrogen-bond acceptors (Lipinski definition) is 9. The Morgan fingerprint density at radius 3 is 2.43 bits per heavy atom. The summed E-state index contributed by atoms with van der Waals surface area (Å²) in [5, 5.41) is 58.8. The number of aliphatic hydroxyl groups excluding tert-OH is 4. The molecule has 30 heavy (non-hydrogen) atoms. The second-order valence-corrected chi connectivity index (χ2v) is 7.13. The Kier molecular flexibility index (Phi) is 6.71. The predicted molar refractivity (Wildman–Crippen MR) is 104 cm³/mol. The van der Waals surface area contributed by atoms with Gasteiger partial charge in [0.15, 0.2) is 12.1 Å². The van der Waals surface area contributed by atoms with Crippen LogP contribution in [0.1, 0.15) is 15.9 Å². The fourth-order valence-electron chi connectivity index (χ4n) is 3.49. The van der Waals surface area contributed by atoms with Crippen LogP contribution in [0.3, 0.4) is 0 Å². The van der Waals surface area contributed by atoms with Gasteiger partial charge in [-0.3, -0.25) is 4.79 Å². The van der Waals surface area contributed by atoms with E-state index in [0.29, 0.717) is 16.7 Å². The second-order valence-electron chi connectivity index (χ2n) is 7.13. The van der Waals surface area contributed by atoms with Gasteiger partial charge in [0.2, 0.25) is 0 Å². The lowest BCUT2D eigenvalue weighted by atomic mass is 9.93. The molecule has 0 bridgehead atoms. The molecule has 0 unspecified atom stereocenters. The molecule has 1 aliphatic rings. The number of aromatic hydroxyl groups is 2. The summed E-state index contributed by atoms with van der Waals surface area (Å²) in [5.74, 6) is -0.791. The number of phenols is 2. The highest BCUT2D eigenvalue weighted by Gasteiger charge is 2.44. The number of benzene rings is 2. The van der Waals surface area contributed by atoms with Gasteiger partial charge < -0.3 is 40.1 Å². The zero-order chi connectivity index (χ0) is 22.0. The van der Waals surface area contributed by atoms with Crippen LogP contribution >= 0.6 is 0 Å². The molecule has 0 saturated carbocycles. The van der Waals surface area contributed by atoms with E-state index >= 15 is 0 Å². The van der Waals surface area contributed by atoms with Crippen molar-refractivity contribution >= 4 is 5.78 Å². The first-order chi connectivity index (χ1) is 14.2. The summed E-state index contributed by atoms with van der Waals surface area (Å²) in [7, 11) is 0. The highest BCUT2D eigenvalue weighted by Crippen LogP contribution is 2.37. The van der Waals surface area contributed by atoms with Crippen LogP contribution in [-0.4, -0.2) is 80.3 Å². The quantitative estimate of drug-likeness (QED) is 0.356. The average molecular weight is 420 g/mol. The van der Waals surface area contributed by atoms with E-state index in [1.807, 2.05) is 0 Å². The Balaban J connectivity index is 1.81. The number of aryl methyl sites for hydroxylation is 1. The van der Waals surface area contributed by atoms with Gasteiger partial charge >= 0.3 is 0 Å². The van der Waals surface area contributed by atoms with Gasteiger partial charge in [-0.05, 0) is 24.1 Å². The fourth-order valence-corrected chi connectivity index (χ4v) is 3.49. The van der Waals surface area contributed by atoms with Crippen molar-refractivity contribution in [3.63, 3.8) is 0 Å². The third kappa shape index (κ3) is 4.31. The SMILES string of the molecule is Cc1cc(O)cc(O)c1-c1ccccc1C(=O)CO[C@@H]1O[C@H](CO)[C@@H](O)[C@H](O)[C@H]1O. The van der Waals surface area contributed by atoms with E-state index in [1.54, 1.807) is 31.2 Å². The number of ketones is 1. The minimum atomic E-state index is -1.62. The van der Waals surface area contributed by atoms with E-state index in [9.17, 15) is 35.4 Å². The van der Waals surface area contributed by atoms with Crippen molar-refractivity contribution in [1.82, 2.24) is 0 Å². The van der Waals surface area contributed by atoms with Gasteiger partial charge in [-0.2, -0.15) is 0 Å². The molecule has 1 saturated heterocycles. The summed E-state index contributed by atoms with van der Waals surface area (Å²) >= 11 is 0. The number of rotatable bonds is 6. The lowest BCUT2D eigenvalue weighted by Crippen LogP contribution is -2.59. The third-order valence-corrected chi connectivity index (χ3v) is 5.02. The zero-order valence-corrected chi connectivity index (χ0v) is 16.2. The van der Waals surface area contributed by atoms with Crippen LogP contribution in [0.5, 0.6) is 11.5 Å². The van der Waals surface area contributed by atoms with Crippen LogP contribution in [0.4, 0.5) is 0 Å². The first-order valence-electron chi connectivity index (χ1n) is 9.32. The lowest BCUT2D eigenvalue weighted by molar-refractivity contribution is -0.298. The number of phenolic OH excluding ortho intramolecular Hbond substituents is 2. The molecule has 0 aromatic heterocycles. The van der Waals surface area contributed by atoms with E-state index in [1.165, 1.54) is 12.1 Å². The van der Waals surface area contributed by atoms with Crippen LogP contribution < -0.4 is 0 Å². The largest absolute Gasteiger partial charge is 0.508 e. The molecule has 3 rings (SSSR count). The molecule has 2 aromatic carbocycles. The summed E-state index contributed by atoms with van der Waals surface area (Å²) < 4.78 is 10.6. The molecular formula is C21H24O9. The maximum atomic E-state index is 12.8. The molecule has 1 fully saturated rings. The molecule has 0 amide bonds. The van der Waals surface area contributed by atoms with Crippen molar-refractivity contribution in [3.05, 3.63) is 47.5 Å². The second kappa shape index (κ2) is 9.09. The smallest absolute Gasteiger partial charge is 0.189 e. The van der Waals surface area contributed by atoms with E-state index < -0.39 is 49.7 Å². The normalized spacial score (nSPS) is 26.5. The van der Waals surface area contributed by atoms with E-state index in [0.717, 1.165) is 0 Å². The molecule has 162 valence electrons. The molecule has 6 N–H and O–H groups in total. The van der Waals surface area contributed by atoms with Crippen molar-refractivity contribution in [3.8, 4) is 22.6 Å². The van der Waals surface area contributed by atoms with Crippen molar-refractivity contribution in [2.75, 3.05) is 13.2 Å². The van der Waals surface area contributed by atoms with Crippen LogP contribution in [0.2, 0.25) is 0 Å². The monoisotopic (exact) mass is 420 g/mol. The van der Waals surface area contributed by atoms with Crippen molar-refractivity contribution in [2.45, 2.75) is 37.6 Å². The Hall–Kier alpha value is -2.53. The zero-order valence-electron chi connectivity index (χ0n) is 16.2. The molecule has 5 atom stereocenters. The minimum absolute atomic E-state index is 0.108. The third-order valence-electron chi connectivity index (χ3n) is 5.02. The highest BCUT2D eigenvalue weighted by atomic mass is 16.7. The molecule has 0 radical (unpaired) electrons. The fraction of sp³-hybridized carbons (Fsp3) is 0.381. The van der Waals surface area contributed by atoms with Gasteiger partial charge in [0, 0.05) is 17.2 Å². The maximum absolute atomic E-state index is 12.8. The lowest BCUT2D eigenvalue weighted by Gasteiger charge is -2.39. The Morgan fingerprint density at radius 2 is 1.77 bits per heavy atom. The minimum Gasteiger partial charge on any atom is -0.508 e. The van der Waals surface area contributed by atoms with Gasteiger partial charge in [-0.1, -0.05) is 24.3 Å². The van der Waals surface area contributed by atoms with E-state index in [2.05, 4.69) is 0 Å². The van der Waals surface area contributed by atoms with E-state index in [4.69, 9.17) is 9.47 Å². The summed E-state index contributed by atoms with van der Waals surface area (Å²) in [6.07, 6.45) is -7.33. The van der Waals surface area contributed by atoms with Crippen LogP contribution in [0.15, 0.2) is 36.4 Å². The number of hydrogen-bond donors (Lipinski definition) is 6. The predicted octanol–water partition coefficient (Wildman–Crippen LogP) is 0.0724. The van der Waals surface area contributed by atoms with Crippen molar-refractivity contribution < 1.29 is 44.9 Å². The number of aliphatic hydroxyl groups is 4. The van der Waals surface area contributed by atoms with Crippen molar-refractivity contribution in [2.24, 2.45) is 0 Å². The standard InChI is InChI=1S/C21H24O9/c1-10-6-11(23)7-14(24)17(10)13-5-3-2-4-12(13)15(25)9-29-21-20(28)19(27)18(26)16(8-22)30-21/h2-7,16,18-24,26-28H,8-9H2,1H3/t16-,18-,19+,20-,21-/m1/s1. The summed E-state index contributed by atoms with van der Waals surface area (Å²) in [4.78, 5) is 12.8. The molecule has 2 aromatic rings. The van der Waals surface area contributed by atoms with Crippen LogP contribution in [0, 0.1) is 6.92 Å². The van der Waals surface area contributed by atoms with Crippen molar-refractivity contribution in [1.29, 1.82) is 0 Å². The van der Waals surface area contributed by atoms with Gasteiger partial charge in [0.05, 0.1) is 6.61 Å². The molecular weight excluding hydrogens is 396 g/mol. The molecule has 0 aliphatic carbocycles. The molecule has 9 heteroatoms.